The van der Waals surface area contributed by atoms with E-state index < -0.39 is 5.54 Å². The molecular weight excluding hydrogens is 258 g/mol. The lowest BCUT2D eigenvalue weighted by Crippen LogP contribution is -2.42. The molecule has 0 heterocycles. The van der Waals surface area contributed by atoms with E-state index in [0.29, 0.717) is 11.6 Å². The fraction of sp³-hybridized carbons (Fsp3) is 0.250. The largest absolute Gasteiger partial charge is 0.394 e. The molecule has 0 aromatic heterocycles. The van der Waals surface area contributed by atoms with Gasteiger partial charge in [0.25, 0.3) is 0 Å². The summed E-state index contributed by atoms with van der Waals surface area (Å²) in [6.45, 7) is 2.72. The van der Waals surface area contributed by atoms with Crippen LogP contribution in [0.25, 0.3) is 0 Å². The molecule has 2 aromatic rings. The van der Waals surface area contributed by atoms with Gasteiger partial charge in [0.15, 0.2) is 0 Å². The predicted octanol–water partition coefficient (Wildman–Crippen LogP) is 3.34. The van der Waals surface area contributed by atoms with Crippen molar-refractivity contribution in [1.29, 1.82) is 0 Å². The van der Waals surface area contributed by atoms with E-state index in [1.54, 1.807) is 0 Å². The lowest BCUT2D eigenvalue weighted by molar-refractivity contribution is 0.173. The average Bonchev–Trinajstić information content (AvgIpc) is 2.46. The van der Waals surface area contributed by atoms with Gasteiger partial charge in [0.2, 0.25) is 0 Å². The van der Waals surface area contributed by atoms with Gasteiger partial charge in [-0.2, -0.15) is 0 Å². The molecule has 0 saturated carbocycles. The van der Waals surface area contributed by atoms with Crippen molar-refractivity contribution in [2.24, 2.45) is 0 Å². The molecule has 0 aliphatic heterocycles. The Morgan fingerprint density at radius 3 is 2.26 bits per heavy atom. The molecule has 0 fully saturated rings. The van der Waals surface area contributed by atoms with Crippen molar-refractivity contribution in [3.63, 3.8) is 0 Å². The van der Waals surface area contributed by atoms with Crippen molar-refractivity contribution in [2.45, 2.75) is 19.0 Å². The number of aliphatic hydroxyl groups excluding tert-OH is 1. The van der Waals surface area contributed by atoms with E-state index in [9.17, 15) is 5.11 Å². The Balaban J connectivity index is 2.12. The van der Waals surface area contributed by atoms with Crippen LogP contribution in [0, 0.1) is 0 Å². The van der Waals surface area contributed by atoms with E-state index in [4.69, 9.17) is 11.6 Å². The summed E-state index contributed by atoms with van der Waals surface area (Å²) in [6.07, 6.45) is 0. The number of aliphatic hydroxyl groups is 1. The standard InChI is InChI=1S/C16H18ClNO/c1-16(12-19,14-7-9-15(17)10-8-14)18-11-13-5-3-2-4-6-13/h2-10,18-19H,11-12H2,1H3. The van der Waals surface area contributed by atoms with Crippen molar-refractivity contribution in [3.8, 4) is 0 Å². The summed E-state index contributed by atoms with van der Waals surface area (Å²) in [6, 6.07) is 17.7. The van der Waals surface area contributed by atoms with Gasteiger partial charge in [-0.3, -0.25) is 0 Å². The van der Waals surface area contributed by atoms with Crippen LogP contribution >= 0.6 is 11.6 Å². The summed E-state index contributed by atoms with van der Waals surface area (Å²) < 4.78 is 0. The van der Waals surface area contributed by atoms with Crippen molar-refractivity contribution < 1.29 is 5.11 Å². The summed E-state index contributed by atoms with van der Waals surface area (Å²) in [5.74, 6) is 0. The zero-order valence-corrected chi connectivity index (χ0v) is 11.7. The fourth-order valence-electron chi connectivity index (χ4n) is 1.96. The molecule has 2 N–H and O–H groups in total. The monoisotopic (exact) mass is 275 g/mol. The molecule has 2 rings (SSSR count). The number of hydrogen-bond acceptors (Lipinski definition) is 2. The summed E-state index contributed by atoms with van der Waals surface area (Å²) in [5, 5.41) is 13.8. The number of benzene rings is 2. The van der Waals surface area contributed by atoms with Crippen LogP contribution < -0.4 is 5.32 Å². The zero-order valence-electron chi connectivity index (χ0n) is 10.9. The summed E-state index contributed by atoms with van der Waals surface area (Å²) >= 11 is 5.89. The number of nitrogens with one attached hydrogen (secondary N) is 1. The molecular formula is C16H18ClNO. The second kappa shape index (κ2) is 6.20. The summed E-state index contributed by atoms with van der Waals surface area (Å²) in [7, 11) is 0. The van der Waals surface area contributed by atoms with Crippen LogP contribution in [0.3, 0.4) is 0 Å². The highest BCUT2D eigenvalue weighted by Crippen LogP contribution is 2.22. The predicted molar refractivity (Wildman–Crippen MR) is 79.2 cm³/mol. The Morgan fingerprint density at radius 1 is 1.05 bits per heavy atom. The number of hydrogen-bond donors (Lipinski definition) is 2. The second-order valence-corrected chi connectivity index (χ2v) is 5.27. The Morgan fingerprint density at radius 2 is 1.68 bits per heavy atom. The Kier molecular flexibility index (Phi) is 4.59. The van der Waals surface area contributed by atoms with E-state index in [1.165, 1.54) is 5.56 Å². The molecule has 0 saturated heterocycles. The van der Waals surface area contributed by atoms with Crippen LogP contribution in [0.1, 0.15) is 18.1 Å². The molecule has 0 spiro atoms. The first-order chi connectivity index (χ1) is 9.14. The second-order valence-electron chi connectivity index (χ2n) is 4.84. The molecule has 2 nitrogen and oxygen atoms in total. The minimum absolute atomic E-state index is 0.0292. The van der Waals surface area contributed by atoms with E-state index >= 15 is 0 Å². The first-order valence-electron chi connectivity index (χ1n) is 6.30. The highest BCUT2D eigenvalue weighted by Gasteiger charge is 2.24. The lowest BCUT2D eigenvalue weighted by Gasteiger charge is -2.29. The van der Waals surface area contributed by atoms with Gasteiger partial charge in [-0.25, -0.2) is 0 Å². The van der Waals surface area contributed by atoms with Crippen LogP contribution in [0.5, 0.6) is 0 Å². The Labute approximate surface area is 119 Å². The van der Waals surface area contributed by atoms with Crippen LogP contribution in [-0.4, -0.2) is 11.7 Å². The lowest BCUT2D eigenvalue weighted by atomic mass is 9.92. The topological polar surface area (TPSA) is 32.3 Å². The smallest absolute Gasteiger partial charge is 0.0652 e. The van der Waals surface area contributed by atoms with E-state index in [-0.39, 0.29) is 6.61 Å². The van der Waals surface area contributed by atoms with Crippen molar-refractivity contribution >= 4 is 11.6 Å². The summed E-state index contributed by atoms with van der Waals surface area (Å²) in [5.41, 5.74) is 1.74. The van der Waals surface area contributed by atoms with E-state index in [0.717, 1.165) is 5.56 Å². The third kappa shape index (κ3) is 3.57. The maximum absolute atomic E-state index is 9.69. The molecule has 0 radical (unpaired) electrons. The van der Waals surface area contributed by atoms with Crippen molar-refractivity contribution in [2.75, 3.05) is 6.61 Å². The maximum Gasteiger partial charge on any atom is 0.0652 e. The van der Waals surface area contributed by atoms with Crippen LogP contribution in [0.4, 0.5) is 0 Å². The molecule has 0 aliphatic rings. The number of rotatable bonds is 5. The SMILES string of the molecule is CC(CO)(NCc1ccccc1)c1ccc(Cl)cc1. The first kappa shape index (κ1) is 14.1. The third-order valence-corrected chi connectivity index (χ3v) is 3.58. The molecule has 0 aliphatic carbocycles. The molecule has 19 heavy (non-hydrogen) atoms. The van der Waals surface area contributed by atoms with E-state index in [1.807, 2.05) is 49.4 Å². The van der Waals surface area contributed by atoms with Crippen LogP contribution in [0.2, 0.25) is 5.02 Å². The minimum Gasteiger partial charge on any atom is -0.394 e. The fourth-order valence-corrected chi connectivity index (χ4v) is 2.09. The molecule has 0 amide bonds. The van der Waals surface area contributed by atoms with Gasteiger partial charge in [0, 0.05) is 11.6 Å². The molecule has 0 bridgehead atoms. The first-order valence-corrected chi connectivity index (χ1v) is 6.68. The van der Waals surface area contributed by atoms with Gasteiger partial charge in [-0.1, -0.05) is 54.1 Å². The minimum atomic E-state index is -0.472. The maximum atomic E-state index is 9.69. The molecule has 1 atom stereocenters. The molecule has 3 heteroatoms. The number of halogens is 1. The summed E-state index contributed by atoms with van der Waals surface area (Å²) in [4.78, 5) is 0. The van der Waals surface area contributed by atoms with Gasteiger partial charge in [0.05, 0.1) is 12.1 Å². The normalized spacial score (nSPS) is 14.1. The van der Waals surface area contributed by atoms with Crippen LogP contribution in [-0.2, 0) is 12.1 Å². The highest BCUT2D eigenvalue weighted by molar-refractivity contribution is 6.30. The molecule has 2 aromatic carbocycles. The molecule has 1 unspecified atom stereocenters. The van der Waals surface area contributed by atoms with Crippen LogP contribution in [0.15, 0.2) is 54.6 Å². The third-order valence-electron chi connectivity index (χ3n) is 3.32. The van der Waals surface area contributed by atoms with Gasteiger partial charge in [-0.05, 0) is 30.2 Å². The van der Waals surface area contributed by atoms with Crippen molar-refractivity contribution in [3.05, 3.63) is 70.7 Å². The quantitative estimate of drug-likeness (QED) is 0.877. The van der Waals surface area contributed by atoms with Gasteiger partial charge >= 0.3 is 0 Å². The zero-order chi connectivity index (χ0) is 13.7. The Bertz CT molecular complexity index is 512. The highest BCUT2D eigenvalue weighted by atomic mass is 35.5. The van der Waals surface area contributed by atoms with Crippen molar-refractivity contribution in [1.82, 2.24) is 5.32 Å². The Hall–Kier alpha value is -1.35. The van der Waals surface area contributed by atoms with Gasteiger partial charge in [0.1, 0.15) is 0 Å². The van der Waals surface area contributed by atoms with E-state index in [2.05, 4.69) is 17.4 Å². The molecule has 100 valence electrons. The van der Waals surface area contributed by atoms with Gasteiger partial charge in [-0.15, -0.1) is 0 Å². The van der Waals surface area contributed by atoms with Gasteiger partial charge < -0.3 is 10.4 Å². The average molecular weight is 276 g/mol.